The number of hydrogen-bond donors (Lipinski definition) is 1. The molecule has 0 unspecified atom stereocenters. The number of tetrazole rings is 1. The fraction of sp³-hybridized carbons (Fsp3) is 0.286. The molecule has 2 saturated heterocycles. The van der Waals surface area contributed by atoms with Gasteiger partial charge in [-0.1, -0.05) is 53.6 Å². The van der Waals surface area contributed by atoms with Gasteiger partial charge in [0, 0.05) is 19.6 Å². The summed E-state index contributed by atoms with van der Waals surface area (Å²) in [5, 5.41) is 14.7. The van der Waals surface area contributed by atoms with Crippen molar-refractivity contribution >= 4 is 17.9 Å². The van der Waals surface area contributed by atoms with Crippen molar-refractivity contribution in [2.45, 2.75) is 24.9 Å². The van der Waals surface area contributed by atoms with E-state index in [1.165, 1.54) is 0 Å². The monoisotopic (exact) mass is 403 g/mol. The number of nitrogens with one attached hydrogen (secondary N) is 1. The second kappa shape index (κ2) is 7.25. The van der Waals surface area contributed by atoms with Gasteiger partial charge in [-0.2, -0.15) is 4.68 Å². The quantitative estimate of drug-likeness (QED) is 0.667. The Bertz CT molecular complexity index is 1060. The molecule has 3 aromatic rings. The maximum absolute atomic E-state index is 12.8. The lowest BCUT2D eigenvalue weighted by Crippen LogP contribution is -2.56. The van der Waals surface area contributed by atoms with E-state index >= 15 is 0 Å². The third-order valence-corrected chi connectivity index (χ3v) is 5.92. The molecule has 0 atom stereocenters. The lowest BCUT2D eigenvalue weighted by atomic mass is 9.86. The molecule has 2 aliphatic heterocycles. The van der Waals surface area contributed by atoms with Gasteiger partial charge in [0.1, 0.15) is 5.54 Å². The summed E-state index contributed by atoms with van der Waals surface area (Å²) in [4.78, 5) is 29.1. The molecule has 3 amide bonds. The number of nitrogens with zero attached hydrogens (tertiary/aromatic N) is 6. The van der Waals surface area contributed by atoms with Gasteiger partial charge in [0.25, 0.3) is 5.91 Å². The Morgan fingerprint density at radius 1 is 0.933 bits per heavy atom. The van der Waals surface area contributed by atoms with E-state index in [1.54, 1.807) is 9.58 Å². The topological polar surface area (TPSA) is 96.2 Å². The van der Waals surface area contributed by atoms with E-state index < -0.39 is 5.54 Å². The molecule has 3 heterocycles. The number of aromatic nitrogens is 4. The maximum atomic E-state index is 12.8. The van der Waals surface area contributed by atoms with E-state index in [9.17, 15) is 9.59 Å². The summed E-state index contributed by atoms with van der Waals surface area (Å²) >= 11 is 0. The summed E-state index contributed by atoms with van der Waals surface area (Å²) in [7, 11) is 0. The zero-order chi connectivity index (χ0) is 20.6. The molecule has 0 saturated carbocycles. The van der Waals surface area contributed by atoms with E-state index in [4.69, 9.17) is 0 Å². The van der Waals surface area contributed by atoms with Crippen LogP contribution in [0.3, 0.4) is 0 Å². The second-order valence-corrected chi connectivity index (χ2v) is 7.58. The summed E-state index contributed by atoms with van der Waals surface area (Å²) in [5.41, 5.74) is 1.03. The van der Waals surface area contributed by atoms with Crippen LogP contribution >= 0.6 is 0 Å². The van der Waals surface area contributed by atoms with Crippen LogP contribution in [0.4, 0.5) is 10.7 Å². The van der Waals surface area contributed by atoms with Gasteiger partial charge in [-0.25, -0.2) is 4.79 Å². The third-order valence-electron chi connectivity index (χ3n) is 5.92. The van der Waals surface area contributed by atoms with Gasteiger partial charge in [-0.3, -0.25) is 10.1 Å². The third kappa shape index (κ3) is 2.99. The molecule has 0 aliphatic carbocycles. The largest absolute Gasteiger partial charge is 0.339 e. The van der Waals surface area contributed by atoms with Crippen molar-refractivity contribution in [3.8, 4) is 5.69 Å². The van der Waals surface area contributed by atoms with Gasteiger partial charge in [-0.15, -0.1) is 0 Å². The average molecular weight is 403 g/mol. The molecule has 1 N–H and O–H groups in total. The summed E-state index contributed by atoms with van der Waals surface area (Å²) < 4.78 is 1.69. The van der Waals surface area contributed by atoms with Crippen LogP contribution in [0.2, 0.25) is 0 Å². The molecule has 2 fully saturated rings. The number of anilines is 1. The van der Waals surface area contributed by atoms with E-state index in [0.29, 0.717) is 38.4 Å². The molecule has 0 bridgehead atoms. The minimum atomic E-state index is -0.839. The highest BCUT2D eigenvalue weighted by molar-refractivity contribution is 6.07. The van der Waals surface area contributed by atoms with Gasteiger partial charge in [0.2, 0.25) is 5.95 Å². The van der Waals surface area contributed by atoms with Crippen LogP contribution in [-0.4, -0.2) is 55.7 Å². The molecule has 2 aromatic carbocycles. The van der Waals surface area contributed by atoms with E-state index in [1.807, 2.05) is 60.7 Å². The molecule has 2 aliphatic rings. The van der Waals surface area contributed by atoms with Crippen LogP contribution in [0, 0.1) is 0 Å². The normalized spacial score (nSPS) is 18.1. The fourth-order valence-corrected chi connectivity index (χ4v) is 4.28. The Hall–Kier alpha value is -3.75. The van der Waals surface area contributed by atoms with Crippen LogP contribution in [0.1, 0.15) is 18.4 Å². The SMILES string of the molecule is O=C1NC(=O)C2(CCN(c3nnnn3-c3ccccc3)CC2)N1Cc1ccccc1. The molecule has 5 rings (SSSR count). The van der Waals surface area contributed by atoms with Gasteiger partial charge in [-0.05, 0) is 41.0 Å². The molecule has 1 spiro atoms. The van der Waals surface area contributed by atoms with Gasteiger partial charge in [0.15, 0.2) is 0 Å². The molecule has 0 radical (unpaired) electrons. The summed E-state index contributed by atoms with van der Waals surface area (Å²) in [6, 6.07) is 19.1. The van der Waals surface area contributed by atoms with Crippen LogP contribution in [-0.2, 0) is 11.3 Å². The number of carbonyl (C=O) groups excluding carboxylic acids is 2. The predicted octanol–water partition coefficient (Wildman–Crippen LogP) is 1.75. The van der Waals surface area contributed by atoms with Crippen LogP contribution in [0.15, 0.2) is 60.7 Å². The van der Waals surface area contributed by atoms with Crippen LogP contribution in [0.5, 0.6) is 0 Å². The number of amides is 3. The van der Waals surface area contributed by atoms with Crippen molar-refractivity contribution in [2.24, 2.45) is 0 Å². The van der Waals surface area contributed by atoms with E-state index in [-0.39, 0.29) is 11.9 Å². The number of para-hydroxylation sites is 1. The highest BCUT2D eigenvalue weighted by Crippen LogP contribution is 2.35. The zero-order valence-corrected chi connectivity index (χ0v) is 16.3. The number of imide groups is 1. The minimum Gasteiger partial charge on any atom is -0.339 e. The standard InChI is InChI=1S/C21H21N7O2/c29-18-21(27(20(30)22-18)15-16-7-3-1-4-8-16)11-13-26(14-12-21)19-23-24-25-28(19)17-9-5-2-6-10-17/h1-10H,11-15H2,(H,22,29,30). The Morgan fingerprint density at radius 3 is 2.30 bits per heavy atom. The molecule has 30 heavy (non-hydrogen) atoms. The first-order chi connectivity index (χ1) is 14.7. The molecule has 1 aromatic heterocycles. The number of benzene rings is 2. The summed E-state index contributed by atoms with van der Waals surface area (Å²) in [6.07, 6.45) is 1.03. The second-order valence-electron chi connectivity index (χ2n) is 7.58. The first kappa shape index (κ1) is 18.3. The number of piperidine rings is 1. The maximum Gasteiger partial charge on any atom is 0.325 e. The highest BCUT2D eigenvalue weighted by atomic mass is 16.2. The van der Waals surface area contributed by atoms with Gasteiger partial charge >= 0.3 is 6.03 Å². The minimum absolute atomic E-state index is 0.217. The van der Waals surface area contributed by atoms with Crippen molar-refractivity contribution in [2.75, 3.05) is 18.0 Å². The van der Waals surface area contributed by atoms with Crippen molar-refractivity contribution in [3.63, 3.8) is 0 Å². The zero-order valence-electron chi connectivity index (χ0n) is 16.3. The lowest BCUT2D eigenvalue weighted by Gasteiger charge is -2.42. The number of carbonyl (C=O) groups is 2. The summed E-state index contributed by atoms with van der Waals surface area (Å²) in [6.45, 7) is 1.54. The summed E-state index contributed by atoms with van der Waals surface area (Å²) in [5.74, 6) is 0.418. The Morgan fingerprint density at radius 2 is 1.60 bits per heavy atom. The number of urea groups is 1. The predicted molar refractivity (Wildman–Crippen MR) is 109 cm³/mol. The molecular formula is C21H21N7O2. The van der Waals surface area contributed by atoms with Gasteiger partial charge in [0.05, 0.1) is 5.69 Å². The highest BCUT2D eigenvalue weighted by Gasteiger charge is 2.54. The first-order valence-electron chi connectivity index (χ1n) is 9.93. The molecule has 152 valence electrons. The molecule has 9 nitrogen and oxygen atoms in total. The Kier molecular flexibility index (Phi) is 4.42. The Labute approximate surface area is 173 Å². The lowest BCUT2D eigenvalue weighted by molar-refractivity contribution is -0.127. The van der Waals surface area contributed by atoms with Crippen molar-refractivity contribution in [3.05, 3.63) is 66.2 Å². The van der Waals surface area contributed by atoms with Crippen molar-refractivity contribution < 1.29 is 9.59 Å². The van der Waals surface area contributed by atoms with Crippen LogP contribution < -0.4 is 10.2 Å². The smallest absolute Gasteiger partial charge is 0.325 e. The average Bonchev–Trinajstić information content (AvgIpc) is 3.36. The van der Waals surface area contributed by atoms with Crippen LogP contribution in [0.25, 0.3) is 5.69 Å². The molecule has 9 heteroatoms. The fourth-order valence-electron chi connectivity index (χ4n) is 4.28. The van der Waals surface area contributed by atoms with Crippen molar-refractivity contribution in [1.82, 2.24) is 30.4 Å². The van der Waals surface area contributed by atoms with E-state index in [0.717, 1.165) is 11.3 Å². The van der Waals surface area contributed by atoms with E-state index in [2.05, 4.69) is 25.7 Å². The van der Waals surface area contributed by atoms with Crippen molar-refractivity contribution in [1.29, 1.82) is 0 Å². The number of hydrogen-bond acceptors (Lipinski definition) is 6. The van der Waals surface area contributed by atoms with Gasteiger partial charge < -0.3 is 9.80 Å². The molecular weight excluding hydrogens is 382 g/mol. The first-order valence-corrected chi connectivity index (χ1v) is 9.93. The number of rotatable bonds is 4. The Balaban J connectivity index is 1.37.